The average Bonchev–Trinajstić information content (AvgIpc) is 3.03. The Kier molecular flexibility index (Phi) is 5.61. The van der Waals surface area contributed by atoms with Gasteiger partial charge in [-0.3, -0.25) is 0 Å². The summed E-state index contributed by atoms with van der Waals surface area (Å²) in [5, 5.41) is 12.2. The van der Waals surface area contributed by atoms with Crippen molar-refractivity contribution in [1.29, 1.82) is 0 Å². The van der Waals surface area contributed by atoms with Gasteiger partial charge in [-0.2, -0.15) is 14.9 Å². The molecule has 0 aliphatic rings. The largest absolute Gasteiger partial charge is 0.493 e. The number of methoxy groups -OCH3 is 2. The molecule has 1 heterocycles. The molecular formula is C17H14Cl2N4O2S. The first-order chi connectivity index (χ1) is 12.5. The van der Waals surface area contributed by atoms with E-state index in [1.54, 1.807) is 50.8 Å². The maximum atomic E-state index is 6.19. The third-order valence-electron chi connectivity index (χ3n) is 3.59. The second-order valence-electron chi connectivity index (χ2n) is 5.12. The quantitative estimate of drug-likeness (QED) is 0.485. The molecule has 0 fully saturated rings. The van der Waals surface area contributed by atoms with Crippen molar-refractivity contribution in [2.75, 3.05) is 14.2 Å². The number of hydrogen-bond donors (Lipinski definition) is 1. The molecule has 0 spiro atoms. The normalized spacial score (nSPS) is 11.1. The van der Waals surface area contributed by atoms with Crippen molar-refractivity contribution in [2.24, 2.45) is 5.10 Å². The molecule has 0 bridgehead atoms. The molecule has 0 radical (unpaired) electrons. The van der Waals surface area contributed by atoms with E-state index in [2.05, 4.69) is 15.3 Å². The fourth-order valence-electron chi connectivity index (χ4n) is 2.30. The Morgan fingerprint density at radius 3 is 2.65 bits per heavy atom. The number of nitrogens with one attached hydrogen (secondary N) is 1. The zero-order chi connectivity index (χ0) is 18.7. The second kappa shape index (κ2) is 7.90. The van der Waals surface area contributed by atoms with E-state index < -0.39 is 0 Å². The van der Waals surface area contributed by atoms with E-state index in [1.165, 1.54) is 4.68 Å². The Bertz CT molecular complexity index is 1030. The maximum Gasteiger partial charge on any atom is 0.216 e. The molecule has 6 nitrogen and oxygen atoms in total. The highest BCUT2D eigenvalue weighted by Crippen LogP contribution is 2.31. The van der Waals surface area contributed by atoms with Crippen LogP contribution in [0.2, 0.25) is 10.0 Å². The van der Waals surface area contributed by atoms with Crippen LogP contribution in [0.4, 0.5) is 0 Å². The number of ether oxygens (including phenoxy) is 2. The monoisotopic (exact) mass is 408 g/mol. The summed E-state index contributed by atoms with van der Waals surface area (Å²) in [7, 11) is 3.14. The number of aromatic nitrogens is 3. The van der Waals surface area contributed by atoms with E-state index >= 15 is 0 Å². The Balaban J connectivity index is 2.04. The molecule has 0 saturated heterocycles. The fourth-order valence-corrected chi connectivity index (χ4v) is 2.84. The van der Waals surface area contributed by atoms with Gasteiger partial charge in [-0.25, -0.2) is 5.10 Å². The highest BCUT2D eigenvalue weighted by atomic mass is 35.5. The zero-order valence-electron chi connectivity index (χ0n) is 13.9. The summed E-state index contributed by atoms with van der Waals surface area (Å²) >= 11 is 17.5. The summed E-state index contributed by atoms with van der Waals surface area (Å²) in [6.45, 7) is 0. The minimum Gasteiger partial charge on any atom is -0.493 e. The van der Waals surface area contributed by atoms with Crippen molar-refractivity contribution in [2.45, 2.75) is 0 Å². The molecular weight excluding hydrogens is 395 g/mol. The van der Waals surface area contributed by atoms with Gasteiger partial charge in [0, 0.05) is 11.1 Å². The molecule has 0 aliphatic heterocycles. The highest BCUT2D eigenvalue weighted by Gasteiger charge is 2.12. The summed E-state index contributed by atoms with van der Waals surface area (Å²) < 4.78 is 12.4. The van der Waals surface area contributed by atoms with Crippen LogP contribution in [0.5, 0.6) is 11.5 Å². The van der Waals surface area contributed by atoms with Gasteiger partial charge in [0.25, 0.3) is 0 Å². The first kappa shape index (κ1) is 18.4. The second-order valence-corrected chi connectivity index (χ2v) is 6.29. The Labute approximate surface area is 165 Å². The van der Waals surface area contributed by atoms with Crippen molar-refractivity contribution in [3.05, 3.63) is 56.8 Å². The van der Waals surface area contributed by atoms with Gasteiger partial charge >= 0.3 is 0 Å². The van der Waals surface area contributed by atoms with Gasteiger partial charge < -0.3 is 9.47 Å². The van der Waals surface area contributed by atoms with E-state index in [0.29, 0.717) is 37.7 Å². The van der Waals surface area contributed by atoms with Gasteiger partial charge in [-0.1, -0.05) is 35.3 Å². The Morgan fingerprint density at radius 1 is 1.15 bits per heavy atom. The van der Waals surface area contributed by atoms with E-state index in [0.717, 1.165) is 5.56 Å². The lowest BCUT2D eigenvalue weighted by atomic mass is 10.2. The van der Waals surface area contributed by atoms with Crippen molar-refractivity contribution >= 4 is 41.6 Å². The van der Waals surface area contributed by atoms with Crippen LogP contribution in [0.15, 0.2) is 41.5 Å². The molecule has 2 aromatic carbocycles. The van der Waals surface area contributed by atoms with Gasteiger partial charge in [0.1, 0.15) is 0 Å². The Morgan fingerprint density at radius 2 is 1.92 bits per heavy atom. The van der Waals surface area contributed by atoms with Crippen molar-refractivity contribution < 1.29 is 9.47 Å². The van der Waals surface area contributed by atoms with Crippen LogP contribution >= 0.6 is 35.4 Å². The highest BCUT2D eigenvalue weighted by molar-refractivity contribution is 7.71. The number of hydrogen-bond acceptors (Lipinski definition) is 5. The Hall–Kier alpha value is -2.35. The van der Waals surface area contributed by atoms with Gasteiger partial charge in [-0.15, -0.1) is 0 Å². The standard InChI is InChI=1S/C17H14Cl2N4O2S/c1-24-13-7-6-10(8-14(13)25-2)16-21-22-17(26)23(16)20-9-11-4-3-5-12(18)15(11)19/h3-9H,1-2H3,(H,22,26). The first-order valence-electron chi connectivity index (χ1n) is 7.43. The maximum absolute atomic E-state index is 6.19. The first-order valence-corrected chi connectivity index (χ1v) is 8.59. The molecule has 0 atom stereocenters. The molecule has 0 aliphatic carbocycles. The van der Waals surface area contributed by atoms with Gasteiger partial charge in [0.2, 0.25) is 4.77 Å². The molecule has 0 amide bonds. The molecule has 3 aromatic rings. The van der Waals surface area contributed by atoms with Crippen LogP contribution < -0.4 is 9.47 Å². The van der Waals surface area contributed by atoms with Crippen LogP contribution in [0.1, 0.15) is 5.56 Å². The summed E-state index contributed by atoms with van der Waals surface area (Å²) in [4.78, 5) is 0. The number of H-pyrrole nitrogens is 1. The molecule has 26 heavy (non-hydrogen) atoms. The lowest BCUT2D eigenvalue weighted by Gasteiger charge is -2.09. The van der Waals surface area contributed by atoms with Crippen molar-refractivity contribution in [3.63, 3.8) is 0 Å². The zero-order valence-corrected chi connectivity index (χ0v) is 16.2. The smallest absolute Gasteiger partial charge is 0.216 e. The summed E-state index contributed by atoms with van der Waals surface area (Å²) in [5.41, 5.74) is 1.42. The molecule has 0 unspecified atom stereocenters. The number of aromatic amines is 1. The summed E-state index contributed by atoms with van der Waals surface area (Å²) in [6, 6.07) is 10.7. The third-order valence-corrected chi connectivity index (χ3v) is 4.68. The fraction of sp³-hybridized carbons (Fsp3) is 0.118. The third kappa shape index (κ3) is 3.60. The van der Waals surface area contributed by atoms with Crippen LogP contribution in [0, 0.1) is 4.77 Å². The van der Waals surface area contributed by atoms with Gasteiger partial charge in [-0.05, 0) is 36.5 Å². The van der Waals surface area contributed by atoms with Crippen LogP contribution in [0.3, 0.4) is 0 Å². The lowest BCUT2D eigenvalue weighted by Crippen LogP contribution is -1.97. The number of halogens is 2. The molecule has 1 aromatic heterocycles. The number of rotatable bonds is 5. The molecule has 134 valence electrons. The molecule has 9 heteroatoms. The van der Waals surface area contributed by atoms with Crippen LogP contribution in [-0.4, -0.2) is 35.3 Å². The lowest BCUT2D eigenvalue weighted by molar-refractivity contribution is 0.355. The van der Waals surface area contributed by atoms with Crippen molar-refractivity contribution in [1.82, 2.24) is 14.9 Å². The van der Waals surface area contributed by atoms with Crippen molar-refractivity contribution in [3.8, 4) is 22.9 Å². The van der Waals surface area contributed by atoms with E-state index in [9.17, 15) is 0 Å². The summed E-state index contributed by atoms with van der Waals surface area (Å²) in [5.74, 6) is 1.71. The topological polar surface area (TPSA) is 64.4 Å². The summed E-state index contributed by atoms with van der Waals surface area (Å²) in [6.07, 6.45) is 1.57. The SMILES string of the molecule is COc1ccc(-c2n[nH]c(=S)n2N=Cc2cccc(Cl)c2Cl)cc1OC. The predicted molar refractivity (Wildman–Crippen MR) is 105 cm³/mol. The van der Waals surface area contributed by atoms with Gasteiger partial charge in [0.05, 0.1) is 30.5 Å². The van der Waals surface area contributed by atoms with E-state index in [-0.39, 0.29) is 0 Å². The minimum atomic E-state index is 0.337. The molecule has 1 N–H and O–H groups in total. The van der Waals surface area contributed by atoms with Crippen LogP contribution in [-0.2, 0) is 0 Å². The molecule has 3 rings (SSSR count). The van der Waals surface area contributed by atoms with Crippen LogP contribution in [0.25, 0.3) is 11.4 Å². The minimum absolute atomic E-state index is 0.337. The number of benzene rings is 2. The van der Waals surface area contributed by atoms with E-state index in [4.69, 9.17) is 44.9 Å². The van der Waals surface area contributed by atoms with E-state index in [1.807, 2.05) is 6.07 Å². The predicted octanol–water partition coefficient (Wildman–Crippen LogP) is 4.81. The average molecular weight is 409 g/mol. The molecule has 0 saturated carbocycles. The van der Waals surface area contributed by atoms with Gasteiger partial charge in [0.15, 0.2) is 17.3 Å². The number of nitrogens with zero attached hydrogens (tertiary/aromatic N) is 3.